The third kappa shape index (κ3) is 1.63. The number of fused-ring (bicyclic) bond motifs is 1. The molecule has 3 rings (SSSR count). The number of thiazole rings is 1. The van der Waals surface area contributed by atoms with Gasteiger partial charge in [-0.3, -0.25) is 0 Å². The van der Waals surface area contributed by atoms with Crippen LogP contribution in [0.15, 0.2) is 36.6 Å². The first-order valence-corrected chi connectivity index (χ1v) is 5.91. The molecule has 2 heterocycles. The van der Waals surface area contributed by atoms with Crippen molar-refractivity contribution in [2.24, 2.45) is 0 Å². The number of ether oxygens (including phenoxy) is 1. The van der Waals surface area contributed by atoms with Crippen LogP contribution in [0.1, 0.15) is 24.0 Å². The van der Waals surface area contributed by atoms with Gasteiger partial charge in [-0.25, -0.2) is 4.98 Å². The summed E-state index contributed by atoms with van der Waals surface area (Å²) in [6.07, 6.45) is 6.13. The van der Waals surface area contributed by atoms with E-state index in [1.807, 2.05) is 18.2 Å². The zero-order valence-corrected chi connectivity index (χ0v) is 9.04. The molecule has 0 aliphatic carbocycles. The summed E-state index contributed by atoms with van der Waals surface area (Å²) in [5.74, 6) is 0. The Hall–Kier alpha value is -1.35. The minimum Gasteiger partial charge on any atom is -0.491 e. The molecule has 0 fully saturated rings. The van der Waals surface area contributed by atoms with Gasteiger partial charge in [-0.15, -0.1) is 11.3 Å². The molecule has 1 aromatic heterocycles. The molecule has 15 heavy (non-hydrogen) atoms. The van der Waals surface area contributed by atoms with Gasteiger partial charge in [0, 0.05) is 0 Å². The summed E-state index contributed by atoms with van der Waals surface area (Å²) < 4.78 is 6.80. The molecule has 0 radical (unpaired) electrons. The number of nitrogens with zero attached hydrogens (tertiary/aromatic N) is 1. The van der Waals surface area contributed by atoms with Crippen LogP contribution in [0.2, 0.25) is 0 Å². The lowest BCUT2D eigenvalue weighted by atomic mass is 10.2. The quantitative estimate of drug-likeness (QED) is 0.727. The molecule has 0 amide bonds. The molecular weight excluding hydrogens is 206 g/mol. The normalized spacial score (nSPS) is 20.4. The van der Waals surface area contributed by atoms with Crippen LogP contribution < -0.4 is 0 Å². The van der Waals surface area contributed by atoms with Crippen molar-refractivity contribution in [3.05, 3.63) is 41.6 Å². The van der Waals surface area contributed by atoms with Crippen LogP contribution >= 0.6 is 11.3 Å². The van der Waals surface area contributed by atoms with Crippen LogP contribution in [0.4, 0.5) is 0 Å². The molecule has 76 valence electrons. The molecule has 1 atom stereocenters. The smallest absolute Gasteiger partial charge is 0.149 e. The molecule has 0 bridgehead atoms. The van der Waals surface area contributed by atoms with Crippen molar-refractivity contribution < 1.29 is 4.74 Å². The largest absolute Gasteiger partial charge is 0.491 e. The van der Waals surface area contributed by atoms with Crippen LogP contribution in [-0.4, -0.2) is 4.98 Å². The molecule has 1 unspecified atom stereocenters. The van der Waals surface area contributed by atoms with E-state index in [-0.39, 0.29) is 6.10 Å². The Morgan fingerprint density at radius 3 is 3.07 bits per heavy atom. The standard InChI is InChI=1S/C12H11NOS/c1-2-7-11-9(5-1)13-12(15-11)10-6-3-4-8-14-10/h1-2,4-5,7-8,10H,3,6H2. The van der Waals surface area contributed by atoms with E-state index in [0.717, 1.165) is 23.4 Å². The van der Waals surface area contributed by atoms with Crippen LogP contribution in [0.3, 0.4) is 0 Å². The van der Waals surface area contributed by atoms with Crippen LogP contribution in [0, 0.1) is 0 Å². The van der Waals surface area contributed by atoms with Crippen molar-refractivity contribution in [2.75, 3.05) is 0 Å². The Bertz CT molecular complexity index is 470. The molecule has 0 saturated heterocycles. The summed E-state index contributed by atoms with van der Waals surface area (Å²) in [7, 11) is 0. The van der Waals surface area contributed by atoms with Crippen molar-refractivity contribution in [3.63, 3.8) is 0 Å². The molecular formula is C12H11NOS. The van der Waals surface area contributed by atoms with Gasteiger partial charge in [-0.1, -0.05) is 12.1 Å². The van der Waals surface area contributed by atoms with E-state index in [4.69, 9.17) is 4.74 Å². The molecule has 0 N–H and O–H groups in total. The Morgan fingerprint density at radius 2 is 2.27 bits per heavy atom. The highest BCUT2D eigenvalue weighted by atomic mass is 32.1. The van der Waals surface area contributed by atoms with E-state index < -0.39 is 0 Å². The number of hydrogen-bond acceptors (Lipinski definition) is 3. The second-order valence-electron chi connectivity index (χ2n) is 3.59. The van der Waals surface area contributed by atoms with Gasteiger partial charge in [0.2, 0.25) is 0 Å². The van der Waals surface area contributed by atoms with Gasteiger partial charge in [-0.2, -0.15) is 0 Å². The lowest BCUT2D eigenvalue weighted by molar-refractivity contribution is 0.125. The average molecular weight is 217 g/mol. The first kappa shape index (κ1) is 8.92. The van der Waals surface area contributed by atoms with Crippen molar-refractivity contribution in [3.8, 4) is 0 Å². The number of hydrogen-bond donors (Lipinski definition) is 0. The van der Waals surface area contributed by atoms with Crippen LogP contribution in [0.25, 0.3) is 10.2 Å². The number of rotatable bonds is 1. The van der Waals surface area contributed by atoms with Crippen LogP contribution in [0.5, 0.6) is 0 Å². The summed E-state index contributed by atoms with van der Waals surface area (Å²) in [6, 6.07) is 8.22. The predicted octanol–water partition coefficient (Wildman–Crippen LogP) is 3.66. The second kappa shape index (κ2) is 3.66. The fourth-order valence-corrected chi connectivity index (χ4v) is 2.78. The highest BCUT2D eigenvalue weighted by molar-refractivity contribution is 7.18. The number of para-hydroxylation sites is 1. The first-order valence-electron chi connectivity index (χ1n) is 5.09. The highest BCUT2D eigenvalue weighted by Crippen LogP contribution is 2.32. The Labute approximate surface area is 92.2 Å². The summed E-state index contributed by atoms with van der Waals surface area (Å²) in [6.45, 7) is 0. The van der Waals surface area contributed by atoms with Crippen molar-refractivity contribution in [1.82, 2.24) is 4.98 Å². The van der Waals surface area contributed by atoms with Gasteiger partial charge in [0.05, 0.1) is 16.5 Å². The Balaban J connectivity index is 2.00. The summed E-state index contributed by atoms with van der Waals surface area (Å²) in [5, 5.41) is 1.10. The highest BCUT2D eigenvalue weighted by Gasteiger charge is 2.17. The molecule has 3 heteroatoms. The minimum absolute atomic E-state index is 0.160. The summed E-state index contributed by atoms with van der Waals surface area (Å²) >= 11 is 1.73. The predicted molar refractivity (Wildman–Crippen MR) is 61.8 cm³/mol. The van der Waals surface area contributed by atoms with Crippen molar-refractivity contribution in [2.45, 2.75) is 18.9 Å². The number of benzene rings is 1. The van der Waals surface area contributed by atoms with E-state index in [0.29, 0.717) is 0 Å². The van der Waals surface area contributed by atoms with E-state index in [9.17, 15) is 0 Å². The number of aromatic nitrogens is 1. The number of allylic oxidation sites excluding steroid dienone is 1. The minimum atomic E-state index is 0.160. The molecule has 1 aliphatic heterocycles. The summed E-state index contributed by atoms with van der Waals surface area (Å²) in [4.78, 5) is 4.60. The fourth-order valence-electron chi connectivity index (χ4n) is 1.74. The van der Waals surface area contributed by atoms with E-state index in [2.05, 4.69) is 17.1 Å². The molecule has 0 saturated carbocycles. The van der Waals surface area contributed by atoms with Gasteiger partial charge >= 0.3 is 0 Å². The maximum absolute atomic E-state index is 5.56. The summed E-state index contributed by atoms with van der Waals surface area (Å²) in [5.41, 5.74) is 1.08. The van der Waals surface area contributed by atoms with Gasteiger partial charge in [-0.05, 0) is 31.1 Å². The van der Waals surface area contributed by atoms with E-state index >= 15 is 0 Å². The monoisotopic (exact) mass is 217 g/mol. The molecule has 2 aromatic rings. The SMILES string of the molecule is C1=COC(c2nc3ccccc3s2)CC1. The van der Waals surface area contributed by atoms with Gasteiger partial charge in [0.1, 0.15) is 11.1 Å². The zero-order valence-electron chi connectivity index (χ0n) is 8.22. The van der Waals surface area contributed by atoms with Gasteiger partial charge in [0.15, 0.2) is 0 Å². The van der Waals surface area contributed by atoms with E-state index in [1.165, 1.54) is 4.70 Å². The molecule has 1 aliphatic rings. The third-order valence-electron chi connectivity index (χ3n) is 2.52. The Kier molecular flexibility index (Phi) is 2.18. The van der Waals surface area contributed by atoms with Crippen molar-refractivity contribution >= 4 is 21.6 Å². The van der Waals surface area contributed by atoms with Gasteiger partial charge < -0.3 is 4.74 Å². The van der Waals surface area contributed by atoms with Gasteiger partial charge in [0.25, 0.3) is 0 Å². The first-order chi connectivity index (χ1) is 7.43. The topological polar surface area (TPSA) is 22.1 Å². The zero-order chi connectivity index (χ0) is 10.1. The van der Waals surface area contributed by atoms with E-state index in [1.54, 1.807) is 17.6 Å². The Morgan fingerprint density at radius 1 is 1.33 bits per heavy atom. The van der Waals surface area contributed by atoms with Crippen LogP contribution in [-0.2, 0) is 4.74 Å². The fraction of sp³-hybridized carbons (Fsp3) is 0.250. The molecule has 2 nitrogen and oxygen atoms in total. The second-order valence-corrected chi connectivity index (χ2v) is 4.66. The van der Waals surface area contributed by atoms with Crippen molar-refractivity contribution in [1.29, 1.82) is 0 Å². The molecule has 1 aromatic carbocycles. The third-order valence-corrected chi connectivity index (χ3v) is 3.65. The lowest BCUT2D eigenvalue weighted by Gasteiger charge is -2.16. The average Bonchev–Trinajstić information content (AvgIpc) is 2.74. The molecule has 0 spiro atoms. The lowest BCUT2D eigenvalue weighted by Crippen LogP contribution is -2.02. The maximum atomic E-state index is 5.56. The maximum Gasteiger partial charge on any atom is 0.149 e.